The van der Waals surface area contributed by atoms with Gasteiger partial charge in [0.15, 0.2) is 0 Å². The summed E-state index contributed by atoms with van der Waals surface area (Å²) in [6.07, 6.45) is 7.68. The second-order valence-corrected chi connectivity index (χ2v) is 10.5. The van der Waals surface area contributed by atoms with E-state index in [-0.39, 0.29) is 0 Å². The molecule has 4 heterocycles. The van der Waals surface area contributed by atoms with Gasteiger partial charge in [-0.05, 0) is 60.7 Å². The van der Waals surface area contributed by atoms with Gasteiger partial charge in [-0.1, -0.05) is 48.5 Å². The van der Waals surface area contributed by atoms with E-state index in [1.807, 2.05) is 24.8 Å². The Morgan fingerprint density at radius 3 is 0.952 bits per heavy atom. The molecule has 8 rings (SSSR count). The fourth-order valence-corrected chi connectivity index (χ4v) is 6.36. The van der Waals surface area contributed by atoms with Gasteiger partial charge in [0.1, 0.15) is 0 Å². The fraction of sp³-hybridized carbons (Fsp3) is 0.0556. The molecule has 0 aliphatic carbocycles. The highest BCUT2D eigenvalue weighted by Gasteiger charge is 2.32. The average Bonchev–Trinajstić information content (AvgIpc) is 3.06. The van der Waals surface area contributed by atoms with E-state index in [9.17, 15) is 0 Å². The maximum Gasteiger partial charge on any atom is 0.0699 e. The maximum absolute atomic E-state index is 4.64. The highest BCUT2D eigenvalue weighted by atomic mass is 15.3. The molecule has 0 saturated carbocycles. The molecule has 0 spiro atoms. The monoisotopic (exact) mass is 544 g/mol. The number of hydrogen-bond acceptors (Lipinski definition) is 6. The predicted octanol–water partition coefficient (Wildman–Crippen LogP) is 9.25. The number of benzene rings is 4. The minimum absolute atomic E-state index is 1.00. The summed E-state index contributed by atoms with van der Waals surface area (Å²) in [6, 6.07) is 38.4. The second kappa shape index (κ2) is 9.49. The van der Waals surface area contributed by atoms with Crippen LogP contribution in [0, 0.1) is 0 Å². The molecule has 0 radical (unpaired) electrons. The molecule has 0 bridgehead atoms. The number of nitrogens with zero attached hydrogens (tertiary/aromatic N) is 6. The lowest BCUT2D eigenvalue weighted by molar-refractivity contribution is 1.12. The smallest absolute Gasteiger partial charge is 0.0699 e. The van der Waals surface area contributed by atoms with Crippen LogP contribution >= 0.6 is 0 Å². The van der Waals surface area contributed by atoms with Crippen LogP contribution < -0.4 is 19.6 Å². The molecule has 202 valence electrons. The molecular formula is C36H28N6. The Kier molecular flexibility index (Phi) is 5.47. The summed E-state index contributed by atoms with van der Waals surface area (Å²) in [4.78, 5) is 18.5. The van der Waals surface area contributed by atoms with E-state index in [2.05, 4.69) is 153 Å². The van der Waals surface area contributed by atoms with Crippen LogP contribution in [0.3, 0.4) is 0 Å². The summed E-state index contributed by atoms with van der Waals surface area (Å²) in [5.74, 6) is 0. The Labute approximate surface area is 245 Å². The van der Waals surface area contributed by atoms with Crippen LogP contribution in [-0.4, -0.2) is 24.1 Å². The summed E-state index contributed by atoms with van der Waals surface area (Å²) < 4.78 is 0. The third kappa shape index (κ3) is 3.52. The molecule has 2 aliphatic heterocycles. The van der Waals surface area contributed by atoms with Gasteiger partial charge in [-0.25, -0.2) is 0 Å². The van der Waals surface area contributed by atoms with Gasteiger partial charge in [0, 0.05) is 50.0 Å². The zero-order chi connectivity index (χ0) is 28.2. The predicted molar refractivity (Wildman–Crippen MR) is 173 cm³/mol. The first-order chi connectivity index (χ1) is 20.7. The molecule has 0 amide bonds. The van der Waals surface area contributed by atoms with Crippen molar-refractivity contribution in [2.24, 2.45) is 0 Å². The van der Waals surface area contributed by atoms with E-state index in [0.717, 1.165) is 68.0 Å². The number of aromatic nitrogens is 2. The summed E-state index contributed by atoms with van der Waals surface area (Å²) in [6.45, 7) is 0. The van der Waals surface area contributed by atoms with Crippen molar-refractivity contribution in [3.8, 4) is 11.1 Å². The summed E-state index contributed by atoms with van der Waals surface area (Å²) >= 11 is 0. The van der Waals surface area contributed by atoms with E-state index < -0.39 is 0 Å². The maximum atomic E-state index is 4.64. The van der Waals surface area contributed by atoms with E-state index in [0.29, 0.717) is 0 Å². The lowest BCUT2D eigenvalue weighted by Gasteiger charge is -2.40. The highest BCUT2D eigenvalue weighted by Crippen LogP contribution is 2.55. The topological polar surface area (TPSA) is 38.7 Å². The minimum atomic E-state index is 1.00. The molecule has 6 heteroatoms. The Hall–Kier alpha value is -5.62. The first kappa shape index (κ1) is 24.2. The molecule has 6 nitrogen and oxygen atoms in total. The van der Waals surface area contributed by atoms with E-state index in [1.54, 1.807) is 0 Å². The summed E-state index contributed by atoms with van der Waals surface area (Å²) in [5.41, 5.74) is 13.1. The third-order valence-corrected chi connectivity index (χ3v) is 8.30. The number of anilines is 10. The number of rotatable bonds is 3. The van der Waals surface area contributed by atoms with E-state index in [4.69, 9.17) is 0 Å². The molecular weight excluding hydrogens is 516 g/mol. The molecule has 2 aliphatic rings. The molecule has 6 aromatic rings. The molecule has 0 saturated heterocycles. The molecule has 2 aromatic heterocycles. The van der Waals surface area contributed by atoms with Crippen LogP contribution in [0.2, 0.25) is 0 Å². The molecule has 0 atom stereocenters. The van der Waals surface area contributed by atoms with Crippen LogP contribution in [-0.2, 0) is 0 Å². The first-order valence-electron chi connectivity index (χ1n) is 14.0. The summed E-state index contributed by atoms with van der Waals surface area (Å²) in [5, 5.41) is 0. The SMILES string of the molecule is CN1c2ccccc2N(c2ccncc2-c2cnccc2N2c3ccccc3N(C)c3ccccc32)c2ccccc21. The van der Waals surface area contributed by atoms with Crippen molar-refractivity contribution in [3.63, 3.8) is 0 Å². The van der Waals surface area contributed by atoms with Gasteiger partial charge in [-0.15, -0.1) is 0 Å². The molecule has 4 aromatic carbocycles. The highest BCUT2D eigenvalue weighted by molar-refractivity contribution is 6.04. The lowest BCUT2D eigenvalue weighted by atomic mass is 9.99. The quantitative estimate of drug-likeness (QED) is 0.221. The Morgan fingerprint density at radius 2 is 0.643 bits per heavy atom. The standard InChI is InChI=1S/C36H28N6/c1-39-29-11-3-7-15-33(29)41(34-16-8-4-12-30(34)39)27-19-21-37-23-25(27)26-24-38-22-20-28(26)42-35-17-9-5-13-31(35)40(2)32-14-6-10-18-36(32)42/h3-24H,1-2H3. The van der Waals surface area contributed by atoms with E-state index in [1.165, 1.54) is 0 Å². The number of pyridine rings is 2. The molecule has 42 heavy (non-hydrogen) atoms. The van der Waals surface area contributed by atoms with Crippen LogP contribution in [0.25, 0.3) is 11.1 Å². The molecule has 0 fully saturated rings. The number of fused-ring (bicyclic) bond motifs is 4. The van der Waals surface area contributed by atoms with Gasteiger partial charge in [-0.2, -0.15) is 0 Å². The lowest BCUT2D eigenvalue weighted by Crippen LogP contribution is -2.25. The van der Waals surface area contributed by atoms with Gasteiger partial charge >= 0.3 is 0 Å². The first-order valence-corrected chi connectivity index (χ1v) is 14.0. The second-order valence-electron chi connectivity index (χ2n) is 10.5. The zero-order valence-corrected chi connectivity index (χ0v) is 23.4. The van der Waals surface area contributed by atoms with Crippen molar-refractivity contribution >= 4 is 56.9 Å². The van der Waals surface area contributed by atoms with Crippen molar-refractivity contribution in [1.29, 1.82) is 0 Å². The van der Waals surface area contributed by atoms with Gasteiger partial charge in [0.05, 0.1) is 56.9 Å². The van der Waals surface area contributed by atoms with Crippen molar-refractivity contribution in [1.82, 2.24) is 9.97 Å². The zero-order valence-electron chi connectivity index (χ0n) is 23.4. The Balaban J connectivity index is 1.37. The van der Waals surface area contributed by atoms with Crippen LogP contribution in [0.15, 0.2) is 134 Å². The van der Waals surface area contributed by atoms with Gasteiger partial charge < -0.3 is 19.6 Å². The molecule has 0 unspecified atom stereocenters. The Morgan fingerprint density at radius 1 is 0.357 bits per heavy atom. The minimum Gasteiger partial charge on any atom is -0.341 e. The van der Waals surface area contributed by atoms with Crippen molar-refractivity contribution in [2.45, 2.75) is 0 Å². The fourth-order valence-electron chi connectivity index (χ4n) is 6.36. The van der Waals surface area contributed by atoms with Crippen molar-refractivity contribution in [2.75, 3.05) is 33.7 Å². The van der Waals surface area contributed by atoms with Crippen molar-refractivity contribution < 1.29 is 0 Å². The summed E-state index contributed by atoms with van der Waals surface area (Å²) in [7, 11) is 4.26. The normalized spacial score (nSPS) is 13.3. The number of hydrogen-bond donors (Lipinski definition) is 0. The number of para-hydroxylation sites is 8. The van der Waals surface area contributed by atoms with Crippen LogP contribution in [0.5, 0.6) is 0 Å². The van der Waals surface area contributed by atoms with Crippen LogP contribution in [0.4, 0.5) is 56.9 Å². The van der Waals surface area contributed by atoms with Gasteiger partial charge in [-0.3, -0.25) is 9.97 Å². The van der Waals surface area contributed by atoms with Gasteiger partial charge in [0.25, 0.3) is 0 Å². The largest absolute Gasteiger partial charge is 0.341 e. The average molecular weight is 545 g/mol. The van der Waals surface area contributed by atoms with Crippen molar-refractivity contribution in [3.05, 3.63) is 134 Å². The molecule has 0 N–H and O–H groups in total. The van der Waals surface area contributed by atoms with E-state index >= 15 is 0 Å². The van der Waals surface area contributed by atoms with Gasteiger partial charge in [0.2, 0.25) is 0 Å². The van der Waals surface area contributed by atoms with Crippen LogP contribution in [0.1, 0.15) is 0 Å². The third-order valence-electron chi connectivity index (χ3n) is 8.30. The Bertz CT molecular complexity index is 1730.